The number of aliphatic hydroxyl groups is 1. The lowest BCUT2D eigenvalue weighted by atomic mass is 10.1. The van der Waals surface area contributed by atoms with Gasteiger partial charge in [-0.25, -0.2) is 4.39 Å². The summed E-state index contributed by atoms with van der Waals surface area (Å²) in [5, 5.41) is 24.6. The molecule has 2 rings (SSSR count). The summed E-state index contributed by atoms with van der Waals surface area (Å²) in [6, 6.07) is 6.22. The van der Waals surface area contributed by atoms with Crippen LogP contribution in [0.3, 0.4) is 0 Å². The van der Waals surface area contributed by atoms with Gasteiger partial charge in [0.2, 0.25) is 0 Å². The van der Waals surface area contributed by atoms with Crippen LogP contribution in [0.25, 0.3) is 0 Å². The molecule has 0 aliphatic carbocycles. The van der Waals surface area contributed by atoms with Crippen LogP contribution >= 0.6 is 0 Å². The van der Waals surface area contributed by atoms with Crippen LogP contribution in [0.5, 0.6) is 0 Å². The first kappa shape index (κ1) is 17.0. The number of halogens is 1. The van der Waals surface area contributed by atoms with Crippen molar-refractivity contribution in [3.8, 4) is 0 Å². The average molecular weight is 322 g/mol. The molecular weight excluding hydrogens is 303 g/mol. The maximum Gasteiger partial charge on any atom is 0.306 e. The first-order valence-corrected chi connectivity index (χ1v) is 7.17. The van der Waals surface area contributed by atoms with Crippen LogP contribution in [0.4, 0.5) is 10.1 Å². The molecule has 23 heavy (non-hydrogen) atoms. The summed E-state index contributed by atoms with van der Waals surface area (Å²) in [7, 11) is 1.85. The van der Waals surface area contributed by atoms with Crippen LogP contribution in [-0.2, 0) is 6.54 Å². The van der Waals surface area contributed by atoms with Gasteiger partial charge in [0.25, 0.3) is 0 Å². The number of nitrogens with zero attached hydrogens (tertiary/aromatic N) is 4. The second-order valence-electron chi connectivity index (χ2n) is 5.50. The van der Waals surface area contributed by atoms with Gasteiger partial charge in [0.05, 0.1) is 17.6 Å². The second-order valence-corrected chi connectivity index (χ2v) is 5.50. The predicted molar refractivity (Wildman–Crippen MR) is 82.3 cm³/mol. The molecule has 0 spiro atoms. The highest BCUT2D eigenvalue weighted by Crippen LogP contribution is 2.19. The maximum absolute atomic E-state index is 13.0. The van der Waals surface area contributed by atoms with Gasteiger partial charge in [-0.2, -0.15) is 5.10 Å². The van der Waals surface area contributed by atoms with Gasteiger partial charge in [-0.3, -0.25) is 19.7 Å². The summed E-state index contributed by atoms with van der Waals surface area (Å²) in [5.74, 6) is -0.288. The van der Waals surface area contributed by atoms with E-state index in [-0.39, 0.29) is 24.1 Å². The number of aromatic nitrogens is 2. The molecule has 0 fully saturated rings. The summed E-state index contributed by atoms with van der Waals surface area (Å²) in [5.41, 5.74) is 0.834. The largest absolute Gasteiger partial charge is 0.390 e. The third-order valence-electron chi connectivity index (χ3n) is 3.74. The van der Waals surface area contributed by atoms with E-state index in [0.29, 0.717) is 6.54 Å². The van der Waals surface area contributed by atoms with Crippen LogP contribution in [0, 0.1) is 15.9 Å². The molecule has 0 radical (unpaired) electrons. The fraction of sp³-hybridized carbons (Fsp3) is 0.400. The Bertz CT molecular complexity index is 659. The predicted octanol–water partition coefficient (Wildman–Crippen LogP) is 1.98. The SMILES string of the molecule is CC(c1ccc(F)cc1)N(C)CC(O)Cn1cc([N+](=O)[O-])cn1. The standard InChI is InChI=1S/C15H19FN4O3/c1-11(12-3-5-13(16)6-4-12)18(2)9-15(21)10-19-8-14(7-17-19)20(22)23/h3-8,11,15,21H,9-10H2,1-2H3. The van der Waals surface area contributed by atoms with E-state index in [0.717, 1.165) is 11.8 Å². The molecule has 7 nitrogen and oxygen atoms in total. The summed E-state index contributed by atoms with van der Waals surface area (Å²) in [6.07, 6.45) is 1.70. The molecule has 8 heteroatoms. The van der Waals surface area contributed by atoms with Gasteiger partial charge in [-0.1, -0.05) is 12.1 Å². The summed E-state index contributed by atoms with van der Waals surface area (Å²) in [6.45, 7) is 2.47. The topological polar surface area (TPSA) is 84.4 Å². The molecule has 0 aliphatic rings. The molecule has 0 saturated carbocycles. The Kier molecular flexibility index (Phi) is 5.41. The molecule has 1 heterocycles. The zero-order chi connectivity index (χ0) is 17.0. The number of benzene rings is 1. The Morgan fingerprint density at radius 1 is 1.43 bits per heavy atom. The number of likely N-dealkylation sites (N-methyl/N-ethyl adjacent to an activating group) is 1. The fourth-order valence-electron chi connectivity index (χ4n) is 2.31. The Balaban J connectivity index is 1.91. The Labute approximate surface area is 133 Å². The molecule has 0 bridgehead atoms. The highest BCUT2D eigenvalue weighted by Gasteiger charge is 2.17. The van der Waals surface area contributed by atoms with Crippen molar-refractivity contribution >= 4 is 5.69 Å². The second kappa shape index (κ2) is 7.30. The molecule has 2 unspecified atom stereocenters. The van der Waals surface area contributed by atoms with Crippen LogP contribution in [0.15, 0.2) is 36.7 Å². The highest BCUT2D eigenvalue weighted by atomic mass is 19.1. The van der Waals surface area contributed by atoms with Crippen molar-refractivity contribution in [3.05, 3.63) is 58.2 Å². The molecule has 2 aromatic rings. The van der Waals surface area contributed by atoms with Crippen molar-refractivity contribution in [1.29, 1.82) is 0 Å². The lowest BCUT2D eigenvalue weighted by molar-refractivity contribution is -0.385. The van der Waals surface area contributed by atoms with E-state index in [1.807, 2.05) is 18.9 Å². The van der Waals surface area contributed by atoms with Crippen molar-refractivity contribution in [1.82, 2.24) is 14.7 Å². The number of aliphatic hydroxyl groups excluding tert-OH is 1. The zero-order valence-corrected chi connectivity index (χ0v) is 13.0. The van der Waals surface area contributed by atoms with Gasteiger partial charge in [0.15, 0.2) is 0 Å². The third-order valence-corrected chi connectivity index (χ3v) is 3.74. The molecule has 2 atom stereocenters. The molecule has 0 amide bonds. The van der Waals surface area contributed by atoms with Crippen LogP contribution in [0.1, 0.15) is 18.5 Å². The van der Waals surface area contributed by atoms with Crippen molar-refractivity contribution in [2.24, 2.45) is 0 Å². The van der Waals surface area contributed by atoms with Crippen molar-refractivity contribution < 1.29 is 14.4 Å². The van der Waals surface area contributed by atoms with Gasteiger partial charge in [0, 0.05) is 12.6 Å². The smallest absolute Gasteiger partial charge is 0.306 e. The normalized spacial score (nSPS) is 14.0. The van der Waals surface area contributed by atoms with E-state index in [9.17, 15) is 19.6 Å². The van der Waals surface area contributed by atoms with E-state index >= 15 is 0 Å². The van der Waals surface area contributed by atoms with Crippen LogP contribution in [-0.4, -0.2) is 44.4 Å². The van der Waals surface area contributed by atoms with E-state index in [1.54, 1.807) is 12.1 Å². The van der Waals surface area contributed by atoms with E-state index in [2.05, 4.69) is 5.10 Å². The van der Waals surface area contributed by atoms with Gasteiger partial charge < -0.3 is 5.11 Å². The highest BCUT2D eigenvalue weighted by molar-refractivity contribution is 5.21. The average Bonchev–Trinajstić information content (AvgIpc) is 2.95. The summed E-state index contributed by atoms with van der Waals surface area (Å²) in [4.78, 5) is 12.0. The van der Waals surface area contributed by atoms with Crippen LogP contribution in [0.2, 0.25) is 0 Å². The monoisotopic (exact) mass is 322 g/mol. The first-order valence-electron chi connectivity index (χ1n) is 7.17. The Hall–Kier alpha value is -2.32. The molecule has 1 aromatic heterocycles. The third kappa shape index (κ3) is 4.57. The van der Waals surface area contributed by atoms with Gasteiger partial charge in [-0.15, -0.1) is 0 Å². The molecule has 124 valence electrons. The van der Waals surface area contributed by atoms with Gasteiger partial charge in [0.1, 0.15) is 18.2 Å². The lowest BCUT2D eigenvalue weighted by Gasteiger charge is -2.27. The Morgan fingerprint density at radius 2 is 2.09 bits per heavy atom. The number of nitro groups is 1. The molecule has 1 aromatic carbocycles. The van der Waals surface area contributed by atoms with E-state index in [4.69, 9.17) is 0 Å². The Morgan fingerprint density at radius 3 is 2.65 bits per heavy atom. The zero-order valence-electron chi connectivity index (χ0n) is 13.0. The molecule has 0 saturated heterocycles. The maximum atomic E-state index is 13.0. The number of hydrogen-bond acceptors (Lipinski definition) is 5. The first-order chi connectivity index (χ1) is 10.9. The quantitative estimate of drug-likeness (QED) is 0.622. The number of hydrogen-bond donors (Lipinski definition) is 1. The number of rotatable bonds is 7. The minimum atomic E-state index is -0.734. The van der Waals surface area contributed by atoms with Crippen LogP contribution < -0.4 is 0 Å². The van der Waals surface area contributed by atoms with E-state index < -0.39 is 11.0 Å². The fourth-order valence-corrected chi connectivity index (χ4v) is 2.31. The van der Waals surface area contributed by atoms with E-state index in [1.165, 1.54) is 23.0 Å². The minimum absolute atomic E-state index is 0.00259. The lowest BCUT2D eigenvalue weighted by Crippen LogP contribution is -2.34. The van der Waals surface area contributed by atoms with Gasteiger partial charge in [-0.05, 0) is 31.7 Å². The molecule has 1 N–H and O–H groups in total. The summed E-state index contributed by atoms with van der Waals surface area (Å²) < 4.78 is 14.3. The van der Waals surface area contributed by atoms with Gasteiger partial charge >= 0.3 is 5.69 Å². The minimum Gasteiger partial charge on any atom is -0.390 e. The van der Waals surface area contributed by atoms with Crippen molar-refractivity contribution in [2.75, 3.05) is 13.6 Å². The molecular formula is C15H19FN4O3. The molecule has 0 aliphatic heterocycles. The van der Waals surface area contributed by atoms with Crippen molar-refractivity contribution in [3.63, 3.8) is 0 Å². The summed E-state index contributed by atoms with van der Waals surface area (Å²) >= 11 is 0. The van der Waals surface area contributed by atoms with Crippen molar-refractivity contribution in [2.45, 2.75) is 25.6 Å².